The van der Waals surface area contributed by atoms with Crippen LogP contribution < -0.4 is 0 Å². The molecule has 0 bridgehead atoms. The number of pyridine rings is 1. The number of fused-ring (bicyclic) bond motifs is 1. The van der Waals surface area contributed by atoms with Crippen molar-refractivity contribution in [3.63, 3.8) is 0 Å². The Bertz CT molecular complexity index is 808. The minimum absolute atomic E-state index is 0.141. The molecule has 0 saturated heterocycles. The molecule has 144 valence electrons. The van der Waals surface area contributed by atoms with E-state index in [1.807, 2.05) is 6.92 Å². The zero-order chi connectivity index (χ0) is 19.4. The number of esters is 1. The lowest BCUT2D eigenvalue weighted by molar-refractivity contribution is -0.147. The average molecular weight is 372 g/mol. The molecule has 5 nitrogen and oxygen atoms in total. The van der Waals surface area contributed by atoms with Crippen molar-refractivity contribution in [3.8, 4) is 17.0 Å². The van der Waals surface area contributed by atoms with Crippen LogP contribution in [0.1, 0.15) is 31.5 Å². The molecule has 1 aromatic carbocycles. The molecule has 3 rings (SSSR count). The fourth-order valence-electron chi connectivity index (χ4n) is 3.29. The Labute approximate surface area is 158 Å². The summed E-state index contributed by atoms with van der Waals surface area (Å²) >= 11 is 0. The van der Waals surface area contributed by atoms with Crippen LogP contribution in [0.25, 0.3) is 11.3 Å². The lowest BCUT2D eigenvalue weighted by Crippen LogP contribution is -2.33. The predicted molar refractivity (Wildman–Crippen MR) is 101 cm³/mol. The summed E-state index contributed by atoms with van der Waals surface area (Å²) in [7, 11) is 0. The number of aromatic nitrogens is 1. The fourth-order valence-corrected chi connectivity index (χ4v) is 3.29. The first-order chi connectivity index (χ1) is 13.0. The zero-order valence-electron chi connectivity index (χ0n) is 15.7. The second kappa shape index (κ2) is 8.48. The van der Waals surface area contributed by atoms with Gasteiger partial charge in [-0.3, -0.25) is 9.69 Å². The number of hydrogen-bond acceptors (Lipinski definition) is 5. The second-order valence-electron chi connectivity index (χ2n) is 6.94. The van der Waals surface area contributed by atoms with E-state index in [1.165, 1.54) is 12.1 Å². The Kier molecular flexibility index (Phi) is 6.06. The first kappa shape index (κ1) is 19.3. The van der Waals surface area contributed by atoms with Crippen LogP contribution in [0.15, 0.2) is 30.3 Å². The van der Waals surface area contributed by atoms with Crippen LogP contribution in [-0.4, -0.2) is 40.7 Å². The monoisotopic (exact) mass is 372 g/mol. The van der Waals surface area contributed by atoms with Gasteiger partial charge in [0.05, 0.1) is 12.5 Å². The third-order valence-corrected chi connectivity index (χ3v) is 4.91. The Hall–Kier alpha value is -2.47. The molecule has 1 atom stereocenters. The van der Waals surface area contributed by atoms with Crippen LogP contribution in [0, 0.1) is 11.7 Å². The third-order valence-electron chi connectivity index (χ3n) is 4.91. The van der Waals surface area contributed by atoms with E-state index < -0.39 is 0 Å². The van der Waals surface area contributed by atoms with Crippen LogP contribution in [0.3, 0.4) is 0 Å². The van der Waals surface area contributed by atoms with Gasteiger partial charge in [0.15, 0.2) is 0 Å². The summed E-state index contributed by atoms with van der Waals surface area (Å²) < 4.78 is 19.6. The summed E-state index contributed by atoms with van der Waals surface area (Å²) in [5.41, 5.74) is 2.77. The standard InChI is InChI=1S/C21H25FN2O3/c1-3-27-21(26)14(2)8-10-24-11-9-19-16(13-24)12-18(22)20(23-19)15-4-6-17(25)7-5-15/h4-7,12,14,25H,3,8-11,13H2,1-2H3. The second-order valence-corrected chi connectivity index (χ2v) is 6.94. The highest BCUT2D eigenvalue weighted by Gasteiger charge is 2.22. The Morgan fingerprint density at radius 2 is 2.11 bits per heavy atom. The number of halogens is 1. The minimum atomic E-state index is -0.360. The quantitative estimate of drug-likeness (QED) is 0.786. The number of phenolic OH excluding ortho intramolecular Hbond substituents is 1. The van der Waals surface area contributed by atoms with Crippen molar-refractivity contribution in [3.05, 3.63) is 47.4 Å². The molecule has 1 aromatic heterocycles. The van der Waals surface area contributed by atoms with E-state index in [1.54, 1.807) is 25.1 Å². The number of phenols is 1. The highest BCUT2D eigenvalue weighted by atomic mass is 19.1. The maximum Gasteiger partial charge on any atom is 0.308 e. The molecule has 0 amide bonds. The molecule has 1 aliphatic rings. The van der Waals surface area contributed by atoms with Gasteiger partial charge in [-0.15, -0.1) is 0 Å². The molecule has 2 aromatic rings. The van der Waals surface area contributed by atoms with Gasteiger partial charge in [-0.25, -0.2) is 9.37 Å². The molecule has 0 spiro atoms. The van der Waals surface area contributed by atoms with Gasteiger partial charge < -0.3 is 9.84 Å². The number of nitrogens with zero attached hydrogens (tertiary/aromatic N) is 2. The molecule has 27 heavy (non-hydrogen) atoms. The van der Waals surface area contributed by atoms with Gasteiger partial charge in [-0.1, -0.05) is 6.92 Å². The van der Waals surface area contributed by atoms with E-state index in [0.717, 1.165) is 37.2 Å². The Morgan fingerprint density at radius 1 is 1.37 bits per heavy atom. The SMILES string of the molecule is CCOC(=O)C(C)CCN1CCc2nc(-c3ccc(O)cc3)c(F)cc2C1. The van der Waals surface area contributed by atoms with E-state index in [-0.39, 0.29) is 23.5 Å². The molecule has 0 saturated carbocycles. The molecule has 0 fully saturated rings. The molecule has 1 aliphatic heterocycles. The third kappa shape index (κ3) is 4.63. The van der Waals surface area contributed by atoms with Crippen molar-refractivity contribution >= 4 is 5.97 Å². The summed E-state index contributed by atoms with van der Waals surface area (Å²) in [4.78, 5) is 18.5. The van der Waals surface area contributed by atoms with Crippen molar-refractivity contribution in [1.29, 1.82) is 0 Å². The van der Waals surface area contributed by atoms with Crippen LogP contribution >= 0.6 is 0 Å². The minimum Gasteiger partial charge on any atom is -0.508 e. The summed E-state index contributed by atoms with van der Waals surface area (Å²) in [6, 6.07) is 7.95. The average Bonchev–Trinajstić information content (AvgIpc) is 2.66. The van der Waals surface area contributed by atoms with E-state index in [0.29, 0.717) is 24.4 Å². The number of carbonyl (C=O) groups is 1. The van der Waals surface area contributed by atoms with Gasteiger partial charge in [-0.2, -0.15) is 0 Å². The Morgan fingerprint density at radius 3 is 2.81 bits per heavy atom. The van der Waals surface area contributed by atoms with Gasteiger partial charge >= 0.3 is 5.97 Å². The molecular weight excluding hydrogens is 347 g/mol. The van der Waals surface area contributed by atoms with Gasteiger partial charge in [0, 0.05) is 30.8 Å². The highest BCUT2D eigenvalue weighted by Crippen LogP contribution is 2.27. The van der Waals surface area contributed by atoms with Gasteiger partial charge in [0.1, 0.15) is 17.3 Å². The molecule has 2 heterocycles. The molecule has 0 aliphatic carbocycles. The molecule has 1 N–H and O–H groups in total. The Balaban J connectivity index is 1.67. The summed E-state index contributed by atoms with van der Waals surface area (Å²) in [5, 5.41) is 9.40. The number of aromatic hydroxyl groups is 1. The summed E-state index contributed by atoms with van der Waals surface area (Å²) in [5.74, 6) is -0.523. The van der Waals surface area contributed by atoms with Crippen LogP contribution in [-0.2, 0) is 22.5 Å². The highest BCUT2D eigenvalue weighted by molar-refractivity contribution is 5.71. The van der Waals surface area contributed by atoms with Crippen LogP contribution in [0.5, 0.6) is 5.75 Å². The van der Waals surface area contributed by atoms with E-state index in [4.69, 9.17) is 4.74 Å². The largest absolute Gasteiger partial charge is 0.508 e. The smallest absolute Gasteiger partial charge is 0.308 e. The van der Waals surface area contributed by atoms with Crippen molar-refractivity contribution in [2.45, 2.75) is 33.2 Å². The molecule has 0 radical (unpaired) electrons. The molecule has 1 unspecified atom stereocenters. The fraction of sp³-hybridized carbons (Fsp3) is 0.429. The first-order valence-corrected chi connectivity index (χ1v) is 9.34. The summed E-state index contributed by atoms with van der Waals surface area (Å²) in [6.07, 6.45) is 1.46. The topological polar surface area (TPSA) is 62.7 Å². The normalized spacial score (nSPS) is 15.2. The number of benzene rings is 1. The predicted octanol–water partition coefficient (Wildman–Crippen LogP) is 3.54. The molecular formula is C21H25FN2O3. The maximum absolute atomic E-state index is 14.6. The number of rotatable bonds is 6. The number of hydrogen-bond donors (Lipinski definition) is 1. The lowest BCUT2D eigenvalue weighted by Gasteiger charge is -2.29. The first-order valence-electron chi connectivity index (χ1n) is 9.34. The number of ether oxygens (including phenoxy) is 1. The van der Waals surface area contributed by atoms with E-state index in [2.05, 4.69) is 9.88 Å². The zero-order valence-corrected chi connectivity index (χ0v) is 15.7. The van der Waals surface area contributed by atoms with Gasteiger partial charge in [-0.05, 0) is 55.8 Å². The van der Waals surface area contributed by atoms with Crippen molar-refractivity contribution in [2.24, 2.45) is 5.92 Å². The number of carbonyl (C=O) groups excluding carboxylic acids is 1. The molecule has 6 heteroatoms. The van der Waals surface area contributed by atoms with Crippen molar-refractivity contribution in [2.75, 3.05) is 19.7 Å². The van der Waals surface area contributed by atoms with Crippen molar-refractivity contribution < 1.29 is 19.0 Å². The van der Waals surface area contributed by atoms with E-state index >= 15 is 0 Å². The van der Waals surface area contributed by atoms with Crippen LogP contribution in [0.2, 0.25) is 0 Å². The van der Waals surface area contributed by atoms with Crippen molar-refractivity contribution in [1.82, 2.24) is 9.88 Å². The van der Waals surface area contributed by atoms with Gasteiger partial charge in [0.2, 0.25) is 0 Å². The van der Waals surface area contributed by atoms with Gasteiger partial charge in [0.25, 0.3) is 0 Å². The maximum atomic E-state index is 14.6. The lowest BCUT2D eigenvalue weighted by atomic mass is 10.0. The summed E-state index contributed by atoms with van der Waals surface area (Å²) in [6.45, 7) is 6.30. The van der Waals surface area contributed by atoms with Crippen LogP contribution in [0.4, 0.5) is 4.39 Å². The van der Waals surface area contributed by atoms with E-state index in [9.17, 15) is 14.3 Å².